The Morgan fingerprint density at radius 2 is 2.57 bits per heavy atom. The van der Waals surface area contributed by atoms with E-state index in [1.165, 1.54) is 24.4 Å². The maximum atomic E-state index is 5.14. The molecule has 0 aromatic heterocycles. The molecule has 2 unspecified atom stereocenters. The quantitative estimate of drug-likeness (QED) is 0.440. The van der Waals surface area contributed by atoms with Crippen molar-refractivity contribution in [3.8, 4) is 0 Å². The van der Waals surface area contributed by atoms with Crippen LogP contribution in [0.5, 0.6) is 0 Å². The molecule has 1 heteroatoms. The van der Waals surface area contributed by atoms with Crippen molar-refractivity contribution in [3.05, 3.63) is 11.5 Å². The maximum Gasteiger partial charge on any atom is 0.145 e. The predicted octanol–water partition coefficient (Wildman–Crippen LogP) is 1.27. The number of hydrogen-bond donors (Lipinski definition) is 0. The minimum absolute atomic E-state index is 0.912. The average molecular weight is 94.1 g/mol. The first-order valence-corrected chi connectivity index (χ1v) is 2.86. The van der Waals surface area contributed by atoms with E-state index in [0.717, 1.165) is 11.8 Å². The van der Waals surface area contributed by atoms with E-state index in [4.69, 9.17) is 4.74 Å². The second-order valence-electron chi connectivity index (χ2n) is 2.70. The normalized spacial score (nSPS) is 50.3. The molecule has 0 aromatic carbocycles. The SMILES string of the molecule is C1C2=C(O2)C2CC12. The van der Waals surface area contributed by atoms with Crippen molar-refractivity contribution in [1.82, 2.24) is 0 Å². The highest BCUT2D eigenvalue weighted by atomic mass is 16.6. The van der Waals surface area contributed by atoms with Crippen LogP contribution in [0.2, 0.25) is 0 Å². The fraction of sp³-hybridized carbons (Fsp3) is 0.667. The van der Waals surface area contributed by atoms with Crippen molar-refractivity contribution in [1.29, 1.82) is 0 Å². The van der Waals surface area contributed by atoms with Gasteiger partial charge in [-0.05, 0) is 12.3 Å². The van der Waals surface area contributed by atoms with E-state index in [1.54, 1.807) is 0 Å². The Morgan fingerprint density at radius 3 is 3.00 bits per heavy atom. The standard InChI is InChI=1S/C6H6O/c1-3-2-5-6(7-5)4(1)3/h3-4H,1-2H2. The fourth-order valence-corrected chi connectivity index (χ4v) is 1.56. The van der Waals surface area contributed by atoms with Crippen molar-refractivity contribution < 1.29 is 4.74 Å². The van der Waals surface area contributed by atoms with E-state index in [0.29, 0.717) is 0 Å². The molecule has 0 spiro atoms. The summed E-state index contributed by atoms with van der Waals surface area (Å²) >= 11 is 0. The molecule has 2 atom stereocenters. The minimum Gasteiger partial charge on any atom is -0.459 e. The van der Waals surface area contributed by atoms with E-state index in [9.17, 15) is 0 Å². The lowest BCUT2D eigenvalue weighted by Crippen LogP contribution is -1.76. The third-order valence-corrected chi connectivity index (χ3v) is 2.17. The first kappa shape index (κ1) is 2.75. The second-order valence-corrected chi connectivity index (χ2v) is 2.70. The number of ether oxygens (including phenoxy) is 1. The highest BCUT2D eigenvalue weighted by Crippen LogP contribution is 2.62. The van der Waals surface area contributed by atoms with Gasteiger partial charge in [0.15, 0.2) is 0 Å². The molecule has 3 rings (SSSR count). The number of rotatable bonds is 0. The van der Waals surface area contributed by atoms with Crippen molar-refractivity contribution in [2.45, 2.75) is 12.8 Å². The minimum atomic E-state index is 0.912. The third-order valence-electron chi connectivity index (χ3n) is 2.17. The van der Waals surface area contributed by atoms with E-state index in [-0.39, 0.29) is 0 Å². The zero-order valence-electron chi connectivity index (χ0n) is 3.98. The molecule has 1 nitrogen and oxygen atoms in total. The third kappa shape index (κ3) is 0.182. The molecule has 0 radical (unpaired) electrons. The lowest BCUT2D eigenvalue weighted by atomic mass is 10.3. The Kier molecular flexibility index (Phi) is 0.212. The molecule has 0 N–H and O–H groups in total. The summed E-state index contributed by atoms with van der Waals surface area (Å²) in [5.74, 6) is 4.65. The van der Waals surface area contributed by atoms with Gasteiger partial charge in [0.2, 0.25) is 0 Å². The fourth-order valence-electron chi connectivity index (χ4n) is 1.56. The lowest BCUT2D eigenvalue weighted by Gasteiger charge is -1.86. The van der Waals surface area contributed by atoms with Gasteiger partial charge in [-0.1, -0.05) is 0 Å². The van der Waals surface area contributed by atoms with Crippen LogP contribution in [0.1, 0.15) is 12.8 Å². The Balaban J connectivity index is 2.16. The summed E-state index contributed by atoms with van der Waals surface area (Å²) in [6.45, 7) is 0. The molecular formula is C6H6O. The molecule has 3 aliphatic rings. The molecule has 1 heterocycles. The van der Waals surface area contributed by atoms with Gasteiger partial charge in [0.1, 0.15) is 11.5 Å². The van der Waals surface area contributed by atoms with Crippen LogP contribution in [0.4, 0.5) is 0 Å². The van der Waals surface area contributed by atoms with Crippen molar-refractivity contribution in [2.75, 3.05) is 0 Å². The van der Waals surface area contributed by atoms with Gasteiger partial charge in [-0.15, -0.1) is 0 Å². The molecule has 0 amide bonds. The van der Waals surface area contributed by atoms with Gasteiger partial charge in [-0.2, -0.15) is 0 Å². The van der Waals surface area contributed by atoms with Crippen LogP contribution in [0, 0.1) is 11.8 Å². The van der Waals surface area contributed by atoms with E-state index in [1.807, 2.05) is 0 Å². The average Bonchev–Trinajstić information content (AvgIpc) is 2.47. The van der Waals surface area contributed by atoms with Gasteiger partial charge in [0.25, 0.3) is 0 Å². The zero-order chi connectivity index (χ0) is 4.43. The number of fused-ring (bicyclic) bond motifs is 2. The molecule has 0 saturated heterocycles. The summed E-state index contributed by atoms with van der Waals surface area (Å²) in [7, 11) is 0. The van der Waals surface area contributed by atoms with Gasteiger partial charge in [0.05, 0.1) is 0 Å². The van der Waals surface area contributed by atoms with Crippen LogP contribution < -0.4 is 0 Å². The van der Waals surface area contributed by atoms with E-state index in [2.05, 4.69) is 0 Å². The monoisotopic (exact) mass is 94.0 g/mol. The van der Waals surface area contributed by atoms with Crippen molar-refractivity contribution in [2.24, 2.45) is 11.8 Å². The summed E-state index contributed by atoms with van der Waals surface area (Å²) in [6.07, 6.45) is 2.71. The summed E-state index contributed by atoms with van der Waals surface area (Å²) in [6, 6.07) is 0. The van der Waals surface area contributed by atoms with Crippen molar-refractivity contribution >= 4 is 0 Å². The summed E-state index contributed by atoms with van der Waals surface area (Å²) in [5.41, 5.74) is 0. The van der Waals surface area contributed by atoms with Crippen LogP contribution in [0.25, 0.3) is 0 Å². The first-order valence-electron chi connectivity index (χ1n) is 2.86. The smallest absolute Gasteiger partial charge is 0.145 e. The Morgan fingerprint density at radius 1 is 1.57 bits per heavy atom. The van der Waals surface area contributed by atoms with Gasteiger partial charge >= 0.3 is 0 Å². The molecule has 2 aliphatic carbocycles. The van der Waals surface area contributed by atoms with E-state index >= 15 is 0 Å². The first-order chi connectivity index (χ1) is 3.45. The largest absolute Gasteiger partial charge is 0.459 e. The van der Waals surface area contributed by atoms with Gasteiger partial charge < -0.3 is 4.74 Å². The van der Waals surface area contributed by atoms with Crippen LogP contribution in [0.15, 0.2) is 11.5 Å². The van der Waals surface area contributed by atoms with Gasteiger partial charge in [0, 0.05) is 12.3 Å². The molecule has 0 aromatic rings. The molecule has 36 valence electrons. The summed E-state index contributed by atoms with van der Waals surface area (Å²) < 4.78 is 5.14. The molecule has 7 heavy (non-hydrogen) atoms. The molecule has 1 fully saturated rings. The van der Waals surface area contributed by atoms with Crippen LogP contribution >= 0.6 is 0 Å². The van der Waals surface area contributed by atoms with Crippen molar-refractivity contribution in [3.63, 3.8) is 0 Å². The molecular weight excluding hydrogens is 88.1 g/mol. The maximum absolute atomic E-state index is 5.14. The lowest BCUT2D eigenvalue weighted by molar-refractivity contribution is 0.397. The predicted molar refractivity (Wildman–Crippen MR) is 24.3 cm³/mol. The molecule has 0 bridgehead atoms. The number of hydrogen-bond acceptors (Lipinski definition) is 1. The molecule has 1 saturated carbocycles. The van der Waals surface area contributed by atoms with Gasteiger partial charge in [-0.3, -0.25) is 0 Å². The molecule has 1 aliphatic heterocycles. The highest BCUT2D eigenvalue weighted by Gasteiger charge is 2.56. The highest BCUT2D eigenvalue weighted by molar-refractivity contribution is 5.34. The van der Waals surface area contributed by atoms with Crippen LogP contribution in [0.3, 0.4) is 0 Å². The van der Waals surface area contributed by atoms with E-state index < -0.39 is 0 Å². The van der Waals surface area contributed by atoms with Gasteiger partial charge in [-0.25, -0.2) is 0 Å². The zero-order valence-corrected chi connectivity index (χ0v) is 3.98. The summed E-state index contributed by atoms with van der Waals surface area (Å²) in [5, 5.41) is 0. The second kappa shape index (κ2) is 0.540. The summed E-state index contributed by atoms with van der Waals surface area (Å²) in [4.78, 5) is 0. The Bertz CT molecular complexity index is 169. The Hall–Kier alpha value is -0.460. The Labute approximate surface area is 42.0 Å². The topological polar surface area (TPSA) is 12.5 Å². The van der Waals surface area contributed by atoms with Crippen LogP contribution in [-0.4, -0.2) is 0 Å². The van der Waals surface area contributed by atoms with Crippen LogP contribution in [-0.2, 0) is 4.74 Å². The number of allylic oxidation sites excluding steroid dienone is 2.